The molecule has 0 aliphatic rings. The molecule has 146 valence electrons. The standard InChI is InChI=1S/C19H25N3O4S/c1-6-16(27-19-21-13(11(2)3)10-17(23)22-19)18(24)20-12-7-8-14(25-4)15(9-12)26-5/h7-11,16H,6H2,1-5H3,(H,20,24)(H,21,22,23). The molecule has 2 rings (SSSR count). The number of rotatable bonds is 8. The first-order chi connectivity index (χ1) is 12.9. The van der Waals surface area contributed by atoms with Crippen LogP contribution in [0.25, 0.3) is 0 Å². The Morgan fingerprint density at radius 3 is 2.52 bits per heavy atom. The molecule has 0 bridgehead atoms. The minimum absolute atomic E-state index is 0.132. The Labute approximate surface area is 162 Å². The highest BCUT2D eigenvalue weighted by molar-refractivity contribution is 8.00. The Hall–Kier alpha value is -2.48. The number of aromatic nitrogens is 2. The molecule has 0 spiro atoms. The summed E-state index contributed by atoms with van der Waals surface area (Å²) in [5.74, 6) is 1.08. The number of benzene rings is 1. The molecule has 0 saturated heterocycles. The summed E-state index contributed by atoms with van der Waals surface area (Å²) in [4.78, 5) is 31.7. The van der Waals surface area contributed by atoms with Gasteiger partial charge in [0.15, 0.2) is 16.7 Å². The zero-order valence-corrected chi connectivity index (χ0v) is 17.0. The molecule has 1 unspecified atom stereocenters. The highest BCUT2D eigenvalue weighted by Crippen LogP contribution is 2.30. The van der Waals surface area contributed by atoms with Crippen LogP contribution in [0.1, 0.15) is 38.8 Å². The van der Waals surface area contributed by atoms with Gasteiger partial charge < -0.3 is 19.8 Å². The number of hydrogen-bond acceptors (Lipinski definition) is 6. The monoisotopic (exact) mass is 391 g/mol. The maximum Gasteiger partial charge on any atom is 0.251 e. The average Bonchev–Trinajstić information content (AvgIpc) is 2.65. The van der Waals surface area contributed by atoms with Gasteiger partial charge in [-0.25, -0.2) is 4.98 Å². The number of nitrogens with zero attached hydrogens (tertiary/aromatic N) is 1. The molecule has 7 nitrogen and oxygen atoms in total. The second-order valence-corrected chi connectivity index (χ2v) is 7.40. The van der Waals surface area contributed by atoms with Crippen molar-refractivity contribution in [1.29, 1.82) is 0 Å². The number of carbonyl (C=O) groups excluding carboxylic acids is 1. The van der Waals surface area contributed by atoms with Crippen molar-refractivity contribution < 1.29 is 14.3 Å². The van der Waals surface area contributed by atoms with E-state index in [-0.39, 0.29) is 17.4 Å². The fraction of sp³-hybridized carbons (Fsp3) is 0.421. The lowest BCUT2D eigenvalue weighted by Gasteiger charge is -2.16. The van der Waals surface area contributed by atoms with Crippen molar-refractivity contribution in [2.24, 2.45) is 0 Å². The van der Waals surface area contributed by atoms with E-state index in [1.807, 2.05) is 20.8 Å². The fourth-order valence-electron chi connectivity index (χ4n) is 2.40. The largest absolute Gasteiger partial charge is 0.493 e. The normalized spacial score (nSPS) is 11.9. The second kappa shape index (κ2) is 9.45. The summed E-state index contributed by atoms with van der Waals surface area (Å²) in [6.45, 7) is 5.85. The van der Waals surface area contributed by atoms with Crippen molar-refractivity contribution in [2.75, 3.05) is 19.5 Å². The number of nitrogens with one attached hydrogen (secondary N) is 2. The summed E-state index contributed by atoms with van der Waals surface area (Å²) in [5.41, 5.74) is 1.09. The van der Waals surface area contributed by atoms with Gasteiger partial charge in [-0.3, -0.25) is 9.59 Å². The van der Waals surface area contributed by atoms with Gasteiger partial charge in [-0.1, -0.05) is 32.5 Å². The number of ether oxygens (including phenoxy) is 2. The van der Waals surface area contributed by atoms with E-state index in [2.05, 4.69) is 15.3 Å². The molecular weight excluding hydrogens is 366 g/mol. The molecule has 2 aromatic rings. The average molecular weight is 391 g/mol. The molecule has 1 aromatic carbocycles. The Kier molecular flexibility index (Phi) is 7.29. The van der Waals surface area contributed by atoms with Crippen molar-refractivity contribution >= 4 is 23.4 Å². The van der Waals surface area contributed by atoms with E-state index in [0.29, 0.717) is 34.5 Å². The van der Waals surface area contributed by atoms with E-state index in [1.165, 1.54) is 24.9 Å². The molecule has 0 aliphatic carbocycles. The maximum atomic E-state index is 12.7. The predicted molar refractivity (Wildman–Crippen MR) is 107 cm³/mol. The van der Waals surface area contributed by atoms with Crippen LogP contribution in [0.15, 0.2) is 34.2 Å². The zero-order valence-electron chi connectivity index (χ0n) is 16.2. The van der Waals surface area contributed by atoms with E-state index < -0.39 is 5.25 Å². The van der Waals surface area contributed by atoms with E-state index in [0.717, 1.165) is 0 Å². The summed E-state index contributed by atoms with van der Waals surface area (Å²) in [6, 6.07) is 6.66. The number of anilines is 1. The first-order valence-electron chi connectivity index (χ1n) is 8.68. The van der Waals surface area contributed by atoms with Gasteiger partial charge in [-0.05, 0) is 24.5 Å². The van der Waals surface area contributed by atoms with Gasteiger partial charge in [0.1, 0.15) is 0 Å². The van der Waals surface area contributed by atoms with Crippen LogP contribution >= 0.6 is 11.8 Å². The third kappa shape index (κ3) is 5.50. The molecular formula is C19H25N3O4S. The van der Waals surface area contributed by atoms with Crippen molar-refractivity contribution in [2.45, 2.75) is 43.5 Å². The fourth-order valence-corrected chi connectivity index (χ4v) is 3.32. The van der Waals surface area contributed by atoms with E-state index in [4.69, 9.17) is 9.47 Å². The molecule has 1 heterocycles. The van der Waals surface area contributed by atoms with Crippen molar-refractivity contribution in [3.63, 3.8) is 0 Å². The van der Waals surface area contributed by atoms with E-state index >= 15 is 0 Å². The Morgan fingerprint density at radius 2 is 1.93 bits per heavy atom. The Morgan fingerprint density at radius 1 is 1.22 bits per heavy atom. The van der Waals surface area contributed by atoms with Crippen LogP contribution in [-0.4, -0.2) is 35.3 Å². The van der Waals surface area contributed by atoms with Crippen LogP contribution in [0.2, 0.25) is 0 Å². The van der Waals surface area contributed by atoms with Crippen molar-refractivity contribution in [3.05, 3.63) is 40.3 Å². The van der Waals surface area contributed by atoms with Crippen LogP contribution in [0.5, 0.6) is 11.5 Å². The maximum absolute atomic E-state index is 12.7. The lowest BCUT2D eigenvalue weighted by Crippen LogP contribution is -2.25. The minimum atomic E-state index is -0.399. The quantitative estimate of drug-likeness (QED) is 0.529. The number of H-pyrrole nitrogens is 1. The van der Waals surface area contributed by atoms with Crippen LogP contribution in [-0.2, 0) is 4.79 Å². The third-order valence-electron chi connectivity index (χ3n) is 3.90. The molecule has 0 fully saturated rings. The van der Waals surface area contributed by atoms with Crippen LogP contribution in [0, 0.1) is 0 Å². The number of thioether (sulfide) groups is 1. The van der Waals surface area contributed by atoms with Crippen LogP contribution in [0.3, 0.4) is 0 Å². The first-order valence-corrected chi connectivity index (χ1v) is 9.56. The SMILES string of the molecule is CCC(Sc1nc(C(C)C)cc(=O)[nH]1)C(=O)Nc1ccc(OC)c(OC)c1. The van der Waals surface area contributed by atoms with Crippen LogP contribution in [0.4, 0.5) is 5.69 Å². The number of methoxy groups -OCH3 is 2. The van der Waals surface area contributed by atoms with Gasteiger partial charge in [0.2, 0.25) is 5.91 Å². The molecule has 0 aliphatic heterocycles. The summed E-state index contributed by atoms with van der Waals surface area (Å²) in [7, 11) is 3.09. The van der Waals surface area contributed by atoms with Crippen molar-refractivity contribution in [3.8, 4) is 11.5 Å². The summed E-state index contributed by atoms with van der Waals surface area (Å²) >= 11 is 1.24. The minimum Gasteiger partial charge on any atom is -0.493 e. The third-order valence-corrected chi connectivity index (χ3v) is 5.15. The molecule has 1 atom stereocenters. The van der Waals surface area contributed by atoms with Gasteiger partial charge in [-0.2, -0.15) is 0 Å². The van der Waals surface area contributed by atoms with Crippen LogP contribution < -0.4 is 20.3 Å². The Bertz CT molecular complexity index is 851. The molecule has 0 radical (unpaired) electrons. The summed E-state index contributed by atoms with van der Waals surface area (Å²) in [5, 5.41) is 2.92. The summed E-state index contributed by atoms with van der Waals surface area (Å²) in [6.07, 6.45) is 0.583. The van der Waals surface area contributed by atoms with E-state index in [1.54, 1.807) is 25.3 Å². The van der Waals surface area contributed by atoms with Gasteiger partial charge >= 0.3 is 0 Å². The number of hydrogen-bond donors (Lipinski definition) is 2. The molecule has 1 amide bonds. The van der Waals surface area contributed by atoms with E-state index in [9.17, 15) is 9.59 Å². The van der Waals surface area contributed by atoms with Gasteiger partial charge in [0, 0.05) is 17.8 Å². The van der Waals surface area contributed by atoms with Gasteiger partial charge in [0.05, 0.1) is 25.2 Å². The smallest absolute Gasteiger partial charge is 0.251 e. The number of aromatic amines is 1. The van der Waals surface area contributed by atoms with Gasteiger partial charge in [0.25, 0.3) is 5.56 Å². The summed E-state index contributed by atoms with van der Waals surface area (Å²) < 4.78 is 10.5. The highest BCUT2D eigenvalue weighted by Gasteiger charge is 2.20. The lowest BCUT2D eigenvalue weighted by atomic mass is 10.1. The number of carbonyl (C=O) groups is 1. The van der Waals surface area contributed by atoms with Crippen molar-refractivity contribution in [1.82, 2.24) is 9.97 Å². The highest BCUT2D eigenvalue weighted by atomic mass is 32.2. The molecule has 0 saturated carbocycles. The first kappa shape index (κ1) is 20.8. The topological polar surface area (TPSA) is 93.3 Å². The Balaban J connectivity index is 2.16. The number of amides is 1. The molecule has 2 N–H and O–H groups in total. The van der Waals surface area contributed by atoms with Gasteiger partial charge in [-0.15, -0.1) is 0 Å². The second-order valence-electron chi connectivity index (χ2n) is 6.20. The lowest BCUT2D eigenvalue weighted by molar-refractivity contribution is -0.115. The molecule has 1 aromatic heterocycles. The predicted octanol–water partition coefficient (Wildman–Crippen LogP) is 3.42. The molecule has 27 heavy (non-hydrogen) atoms. The zero-order chi connectivity index (χ0) is 20.0. The molecule has 8 heteroatoms.